The van der Waals surface area contributed by atoms with Crippen LogP contribution in [0.3, 0.4) is 0 Å². The minimum absolute atomic E-state index is 0.181. The zero-order valence-corrected chi connectivity index (χ0v) is 19.1. The number of aromatic nitrogens is 4. The zero-order valence-electron chi connectivity index (χ0n) is 19.1. The molecule has 2 N–H and O–H groups in total. The third-order valence-electron chi connectivity index (χ3n) is 5.25. The normalized spacial score (nSPS) is 11.4. The summed E-state index contributed by atoms with van der Waals surface area (Å²) in [6.45, 7) is 8.42. The van der Waals surface area contributed by atoms with Crippen LogP contribution in [0.2, 0.25) is 0 Å². The van der Waals surface area contributed by atoms with Gasteiger partial charge in [-0.25, -0.2) is 4.98 Å². The topological polar surface area (TPSA) is 102 Å². The van der Waals surface area contributed by atoms with Crippen LogP contribution >= 0.6 is 0 Å². The molecule has 0 spiro atoms. The number of hydrogen-bond acceptors (Lipinski definition) is 5. The van der Waals surface area contributed by atoms with E-state index < -0.39 is 0 Å². The van der Waals surface area contributed by atoms with Crippen molar-refractivity contribution >= 4 is 28.8 Å². The Morgan fingerprint density at radius 3 is 2.36 bits per heavy atom. The minimum atomic E-state index is -0.339. The number of nitrogens with one attached hydrogen (secondary N) is 2. The highest BCUT2D eigenvalue weighted by atomic mass is 16.2. The molecule has 8 nitrogen and oxygen atoms in total. The molecule has 3 aromatic heterocycles. The van der Waals surface area contributed by atoms with Crippen molar-refractivity contribution in [3.05, 3.63) is 83.4 Å². The van der Waals surface area contributed by atoms with E-state index in [1.807, 2.05) is 56.5 Å². The fourth-order valence-corrected chi connectivity index (χ4v) is 3.42. The number of pyridine rings is 1. The molecule has 2 amide bonds. The highest BCUT2D eigenvalue weighted by Crippen LogP contribution is 2.27. The van der Waals surface area contributed by atoms with Crippen LogP contribution in [-0.2, 0) is 12.1 Å². The second kappa shape index (κ2) is 8.82. The van der Waals surface area contributed by atoms with Crippen LogP contribution < -0.4 is 10.6 Å². The van der Waals surface area contributed by atoms with Gasteiger partial charge < -0.3 is 9.88 Å². The van der Waals surface area contributed by atoms with Gasteiger partial charge >= 0.3 is 0 Å². The summed E-state index contributed by atoms with van der Waals surface area (Å²) in [7, 11) is 0. The number of carbonyl (C=O) groups excluding carboxylic acids is 2. The molecular formula is C25H26N6O2. The fraction of sp³-hybridized carbons (Fsp3) is 0.240. The standard InChI is InChI=1S/C25H26N6O2/c1-16-5-7-18(8-6-16)22(32)30-24-28-14-19-20(15-31(21(19)29-24)25(2,3)4)23(33)27-13-17-9-11-26-12-10-17/h5-12,14-15H,13H2,1-4H3,(H,27,33)(H,28,29,30,32). The monoisotopic (exact) mass is 442 g/mol. The molecular weight excluding hydrogens is 416 g/mol. The third kappa shape index (κ3) is 4.90. The fourth-order valence-electron chi connectivity index (χ4n) is 3.42. The number of benzene rings is 1. The molecule has 0 aliphatic heterocycles. The summed E-state index contributed by atoms with van der Waals surface area (Å²) in [5.74, 6) is -0.334. The van der Waals surface area contributed by atoms with E-state index in [1.54, 1.807) is 36.9 Å². The van der Waals surface area contributed by atoms with Gasteiger partial charge in [0, 0.05) is 42.4 Å². The van der Waals surface area contributed by atoms with Crippen molar-refractivity contribution in [3.8, 4) is 0 Å². The van der Waals surface area contributed by atoms with Crippen LogP contribution in [0.4, 0.5) is 5.95 Å². The number of carbonyl (C=O) groups is 2. The molecule has 3 heterocycles. The van der Waals surface area contributed by atoms with Crippen LogP contribution in [0.25, 0.3) is 11.0 Å². The summed E-state index contributed by atoms with van der Waals surface area (Å²) in [6.07, 6.45) is 6.74. The van der Waals surface area contributed by atoms with Crippen LogP contribution in [-0.4, -0.2) is 31.3 Å². The lowest BCUT2D eigenvalue weighted by atomic mass is 10.1. The molecule has 0 saturated heterocycles. The van der Waals surface area contributed by atoms with E-state index in [0.717, 1.165) is 11.1 Å². The SMILES string of the molecule is Cc1ccc(C(=O)Nc2ncc3c(C(=O)NCc4ccncc4)cn(C(C)(C)C)c3n2)cc1. The molecule has 0 aliphatic rings. The summed E-state index contributed by atoms with van der Waals surface area (Å²) in [5.41, 5.74) is 3.26. The summed E-state index contributed by atoms with van der Waals surface area (Å²) < 4.78 is 1.92. The highest BCUT2D eigenvalue weighted by molar-refractivity contribution is 6.07. The first-order valence-corrected chi connectivity index (χ1v) is 10.7. The predicted octanol–water partition coefficient (Wildman–Crippen LogP) is 4.07. The second-order valence-electron chi connectivity index (χ2n) is 8.87. The average Bonchev–Trinajstić information content (AvgIpc) is 3.18. The molecule has 33 heavy (non-hydrogen) atoms. The molecule has 0 atom stereocenters. The summed E-state index contributed by atoms with van der Waals surface area (Å²) >= 11 is 0. The van der Waals surface area contributed by atoms with E-state index in [1.165, 1.54) is 0 Å². The first-order chi connectivity index (χ1) is 15.7. The van der Waals surface area contributed by atoms with E-state index in [2.05, 4.69) is 25.6 Å². The van der Waals surface area contributed by atoms with Gasteiger partial charge in [-0.2, -0.15) is 4.98 Å². The maximum absolute atomic E-state index is 13.0. The van der Waals surface area contributed by atoms with Crippen LogP contribution in [0.1, 0.15) is 52.6 Å². The molecule has 0 radical (unpaired) electrons. The second-order valence-corrected chi connectivity index (χ2v) is 8.87. The largest absolute Gasteiger partial charge is 0.348 e. The van der Waals surface area contributed by atoms with Gasteiger partial charge in [-0.3, -0.25) is 19.9 Å². The van der Waals surface area contributed by atoms with Gasteiger partial charge in [0.2, 0.25) is 5.95 Å². The van der Waals surface area contributed by atoms with Crippen molar-refractivity contribution in [3.63, 3.8) is 0 Å². The number of hydrogen-bond donors (Lipinski definition) is 2. The van der Waals surface area contributed by atoms with Crippen LogP contribution in [0.15, 0.2) is 61.2 Å². The van der Waals surface area contributed by atoms with Gasteiger partial charge in [-0.15, -0.1) is 0 Å². The van der Waals surface area contributed by atoms with E-state index in [4.69, 9.17) is 0 Å². The number of nitrogens with zero attached hydrogens (tertiary/aromatic N) is 4. The first-order valence-electron chi connectivity index (χ1n) is 10.7. The Morgan fingerprint density at radius 1 is 1.00 bits per heavy atom. The molecule has 4 aromatic rings. The van der Waals surface area contributed by atoms with Gasteiger partial charge in [-0.05, 0) is 57.5 Å². The Hall–Kier alpha value is -4.07. The van der Waals surface area contributed by atoms with Crippen molar-refractivity contribution in [2.45, 2.75) is 39.8 Å². The first kappa shape index (κ1) is 22.1. The van der Waals surface area contributed by atoms with Crippen molar-refractivity contribution < 1.29 is 9.59 Å². The number of aryl methyl sites for hydroxylation is 1. The van der Waals surface area contributed by atoms with E-state index in [9.17, 15) is 9.59 Å². The summed E-state index contributed by atoms with van der Waals surface area (Å²) in [4.78, 5) is 38.5. The molecule has 0 unspecified atom stereocenters. The lowest BCUT2D eigenvalue weighted by molar-refractivity contribution is 0.0951. The molecule has 0 bridgehead atoms. The Morgan fingerprint density at radius 2 is 1.70 bits per heavy atom. The lowest BCUT2D eigenvalue weighted by Crippen LogP contribution is -2.23. The molecule has 0 fully saturated rings. The lowest BCUT2D eigenvalue weighted by Gasteiger charge is -2.22. The van der Waals surface area contributed by atoms with Crippen molar-refractivity contribution in [1.82, 2.24) is 24.8 Å². The summed E-state index contributed by atoms with van der Waals surface area (Å²) in [6, 6.07) is 11.0. The highest BCUT2D eigenvalue weighted by Gasteiger charge is 2.23. The minimum Gasteiger partial charge on any atom is -0.348 e. The Kier molecular flexibility index (Phi) is 5.91. The Labute approximate surface area is 192 Å². The van der Waals surface area contributed by atoms with Crippen LogP contribution in [0.5, 0.6) is 0 Å². The smallest absolute Gasteiger partial charge is 0.258 e. The molecule has 168 valence electrons. The van der Waals surface area contributed by atoms with Crippen molar-refractivity contribution in [2.24, 2.45) is 0 Å². The molecule has 0 saturated carbocycles. The number of anilines is 1. The van der Waals surface area contributed by atoms with Gasteiger partial charge in [0.05, 0.1) is 10.9 Å². The van der Waals surface area contributed by atoms with E-state index in [0.29, 0.717) is 28.7 Å². The number of amides is 2. The van der Waals surface area contributed by atoms with Crippen molar-refractivity contribution in [1.29, 1.82) is 0 Å². The van der Waals surface area contributed by atoms with Gasteiger partial charge in [0.15, 0.2) is 0 Å². The molecule has 8 heteroatoms. The number of fused-ring (bicyclic) bond motifs is 1. The van der Waals surface area contributed by atoms with Gasteiger partial charge in [-0.1, -0.05) is 17.7 Å². The summed E-state index contributed by atoms with van der Waals surface area (Å²) in [5, 5.41) is 6.31. The Balaban J connectivity index is 1.63. The predicted molar refractivity (Wildman–Crippen MR) is 127 cm³/mol. The van der Waals surface area contributed by atoms with Gasteiger partial charge in [0.25, 0.3) is 11.8 Å². The maximum atomic E-state index is 13.0. The van der Waals surface area contributed by atoms with Crippen LogP contribution in [0, 0.1) is 6.92 Å². The number of rotatable bonds is 5. The van der Waals surface area contributed by atoms with Gasteiger partial charge in [0.1, 0.15) is 5.65 Å². The maximum Gasteiger partial charge on any atom is 0.258 e. The molecule has 4 rings (SSSR count). The Bertz CT molecular complexity index is 1300. The molecule has 0 aliphatic carbocycles. The van der Waals surface area contributed by atoms with E-state index >= 15 is 0 Å². The quantitative estimate of drug-likeness (QED) is 0.485. The van der Waals surface area contributed by atoms with E-state index in [-0.39, 0.29) is 23.3 Å². The average molecular weight is 443 g/mol. The molecule has 1 aromatic carbocycles. The van der Waals surface area contributed by atoms with Crippen molar-refractivity contribution in [2.75, 3.05) is 5.32 Å². The zero-order chi connectivity index (χ0) is 23.6. The third-order valence-corrected chi connectivity index (χ3v) is 5.25.